The number of carbonyl (C=O) groups is 2. The van der Waals surface area contributed by atoms with Crippen molar-refractivity contribution in [2.45, 2.75) is 83.8 Å². The first-order chi connectivity index (χ1) is 20.3. The summed E-state index contributed by atoms with van der Waals surface area (Å²) in [5.41, 5.74) is 2.75. The Labute approximate surface area is 266 Å². The highest BCUT2D eigenvalue weighted by atomic mass is 35.5. The third-order valence-electron chi connectivity index (χ3n) is 7.51. The summed E-state index contributed by atoms with van der Waals surface area (Å²) in [5, 5.41) is 3.65. The molecule has 0 bridgehead atoms. The van der Waals surface area contributed by atoms with Gasteiger partial charge < -0.3 is 10.2 Å². The quantitative estimate of drug-likeness (QED) is 0.211. The van der Waals surface area contributed by atoms with Crippen LogP contribution in [0.25, 0.3) is 0 Å². The molecule has 0 spiro atoms. The zero-order valence-corrected chi connectivity index (χ0v) is 27.9. The molecule has 232 valence electrons. The summed E-state index contributed by atoms with van der Waals surface area (Å²) in [4.78, 5) is 29.2. The number of anilines is 1. The van der Waals surface area contributed by atoms with Crippen molar-refractivity contribution in [3.63, 3.8) is 0 Å². The van der Waals surface area contributed by atoms with Crippen LogP contribution >= 0.6 is 23.2 Å². The van der Waals surface area contributed by atoms with E-state index >= 15 is 0 Å². The van der Waals surface area contributed by atoms with Crippen LogP contribution in [0.15, 0.2) is 71.6 Å². The van der Waals surface area contributed by atoms with E-state index < -0.39 is 28.5 Å². The van der Waals surface area contributed by atoms with Gasteiger partial charge in [-0.2, -0.15) is 0 Å². The van der Waals surface area contributed by atoms with Gasteiger partial charge in [-0.3, -0.25) is 13.9 Å². The maximum Gasteiger partial charge on any atom is 0.264 e. The van der Waals surface area contributed by atoms with Gasteiger partial charge in [0.15, 0.2) is 0 Å². The molecule has 10 heteroatoms. The van der Waals surface area contributed by atoms with Crippen molar-refractivity contribution < 1.29 is 18.0 Å². The first-order valence-corrected chi connectivity index (χ1v) is 16.7. The SMILES string of the molecule is CCC(C)NC(=O)C(CC)N(Cc1c(Cl)cccc1Cl)C(=O)CN(c1ccc(C(C)C)cc1)S(=O)(=O)c1ccc(C)cc1. The fraction of sp³-hybridized carbons (Fsp3) is 0.394. The lowest BCUT2D eigenvalue weighted by atomic mass is 10.0. The number of nitrogens with one attached hydrogen (secondary N) is 1. The lowest BCUT2D eigenvalue weighted by Crippen LogP contribution is -2.53. The third-order valence-corrected chi connectivity index (χ3v) is 10.0. The number of sulfonamides is 1. The minimum Gasteiger partial charge on any atom is -0.352 e. The lowest BCUT2D eigenvalue weighted by molar-refractivity contribution is -0.140. The molecule has 1 N–H and O–H groups in total. The van der Waals surface area contributed by atoms with E-state index in [4.69, 9.17) is 23.2 Å². The van der Waals surface area contributed by atoms with E-state index in [1.165, 1.54) is 17.0 Å². The van der Waals surface area contributed by atoms with E-state index in [9.17, 15) is 18.0 Å². The Bertz CT molecular complexity index is 1490. The topological polar surface area (TPSA) is 86.8 Å². The highest BCUT2D eigenvalue weighted by Crippen LogP contribution is 2.29. The number of amides is 2. The summed E-state index contributed by atoms with van der Waals surface area (Å²) in [7, 11) is -4.16. The minimum absolute atomic E-state index is 0.0566. The molecule has 0 saturated carbocycles. The van der Waals surface area contributed by atoms with Crippen molar-refractivity contribution in [1.29, 1.82) is 0 Å². The predicted molar refractivity (Wildman–Crippen MR) is 175 cm³/mol. The zero-order chi connectivity index (χ0) is 31.9. The molecular weight excluding hydrogens is 605 g/mol. The average Bonchev–Trinajstić information content (AvgIpc) is 2.97. The van der Waals surface area contributed by atoms with E-state index in [0.29, 0.717) is 34.1 Å². The Kier molecular flexibility index (Phi) is 12.1. The molecule has 0 aliphatic rings. The van der Waals surface area contributed by atoms with Crippen LogP contribution in [0.1, 0.15) is 70.1 Å². The number of nitrogens with zero attached hydrogens (tertiary/aromatic N) is 2. The Morgan fingerprint density at radius 2 is 1.44 bits per heavy atom. The van der Waals surface area contributed by atoms with Crippen LogP contribution in [0, 0.1) is 6.92 Å². The van der Waals surface area contributed by atoms with Crippen molar-refractivity contribution in [3.05, 3.63) is 93.5 Å². The summed E-state index contributed by atoms with van der Waals surface area (Å²) in [6, 6.07) is 17.6. The summed E-state index contributed by atoms with van der Waals surface area (Å²) in [6.45, 7) is 11.0. The summed E-state index contributed by atoms with van der Waals surface area (Å²) in [5.74, 6) is -0.656. The first kappa shape index (κ1) is 34.4. The van der Waals surface area contributed by atoms with Crippen LogP contribution in [0.4, 0.5) is 5.69 Å². The number of hydrogen-bond donors (Lipinski definition) is 1. The lowest BCUT2D eigenvalue weighted by Gasteiger charge is -2.34. The zero-order valence-electron chi connectivity index (χ0n) is 25.6. The predicted octanol–water partition coefficient (Wildman–Crippen LogP) is 7.34. The van der Waals surface area contributed by atoms with Crippen molar-refractivity contribution >= 4 is 50.7 Å². The largest absolute Gasteiger partial charge is 0.352 e. The maximum absolute atomic E-state index is 14.3. The molecule has 0 heterocycles. The van der Waals surface area contributed by atoms with Crippen LogP contribution in [-0.4, -0.2) is 43.8 Å². The molecule has 2 amide bonds. The second kappa shape index (κ2) is 15.1. The van der Waals surface area contributed by atoms with Crippen LogP contribution < -0.4 is 9.62 Å². The fourth-order valence-corrected chi connectivity index (χ4v) is 6.54. The normalized spacial score (nSPS) is 13.0. The van der Waals surface area contributed by atoms with Gasteiger partial charge in [0.2, 0.25) is 11.8 Å². The third kappa shape index (κ3) is 8.52. The van der Waals surface area contributed by atoms with E-state index in [0.717, 1.165) is 15.4 Å². The number of rotatable bonds is 13. The maximum atomic E-state index is 14.3. The molecule has 0 aliphatic carbocycles. The fourth-order valence-electron chi connectivity index (χ4n) is 4.61. The van der Waals surface area contributed by atoms with Gasteiger partial charge in [-0.05, 0) is 74.6 Å². The highest BCUT2D eigenvalue weighted by molar-refractivity contribution is 7.92. The molecule has 0 saturated heterocycles. The highest BCUT2D eigenvalue weighted by Gasteiger charge is 2.34. The summed E-state index contributed by atoms with van der Waals surface area (Å²) >= 11 is 13.0. The Hall–Kier alpha value is -3.07. The van der Waals surface area contributed by atoms with Crippen LogP contribution in [0.3, 0.4) is 0 Å². The molecule has 0 aliphatic heterocycles. The average molecular weight is 647 g/mol. The molecule has 43 heavy (non-hydrogen) atoms. The van der Waals surface area contributed by atoms with Gasteiger partial charge >= 0.3 is 0 Å². The molecule has 3 aromatic rings. The van der Waals surface area contributed by atoms with Gasteiger partial charge in [0.1, 0.15) is 12.6 Å². The smallest absolute Gasteiger partial charge is 0.264 e. The van der Waals surface area contributed by atoms with Gasteiger partial charge in [0.25, 0.3) is 10.0 Å². The van der Waals surface area contributed by atoms with Crippen molar-refractivity contribution in [1.82, 2.24) is 10.2 Å². The second-order valence-electron chi connectivity index (χ2n) is 11.0. The van der Waals surface area contributed by atoms with Gasteiger partial charge in [-0.15, -0.1) is 0 Å². The Balaban J connectivity index is 2.11. The number of benzene rings is 3. The Morgan fingerprint density at radius 3 is 1.95 bits per heavy atom. The molecule has 7 nitrogen and oxygen atoms in total. The molecule has 0 radical (unpaired) electrons. The van der Waals surface area contributed by atoms with Crippen molar-refractivity contribution in [3.8, 4) is 0 Å². The van der Waals surface area contributed by atoms with Gasteiger partial charge in [0, 0.05) is 28.2 Å². The van der Waals surface area contributed by atoms with Gasteiger partial charge in [-0.25, -0.2) is 8.42 Å². The number of aryl methyl sites for hydroxylation is 1. The van der Waals surface area contributed by atoms with E-state index in [-0.39, 0.29) is 29.3 Å². The number of halogens is 2. The van der Waals surface area contributed by atoms with Crippen LogP contribution in [0.2, 0.25) is 10.0 Å². The molecule has 2 atom stereocenters. The standard InChI is InChI=1S/C33H41Cl2N3O4S/c1-7-24(6)36-33(40)31(8-2)37(20-28-29(34)10-9-11-30(28)35)32(39)21-38(26-16-14-25(15-17-26)22(3)4)43(41,42)27-18-12-23(5)13-19-27/h9-19,22,24,31H,7-8,20-21H2,1-6H3,(H,36,40). The molecule has 2 unspecified atom stereocenters. The minimum atomic E-state index is -4.16. The molecule has 0 fully saturated rings. The summed E-state index contributed by atoms with van der Waals surface area (Å²) < 4.78 is 29.3. The van der Waals surface area contributed by atoms with Gasteiger partial charge in [-0.1, -0.05) is 86.8 Å². The van der Waals surface area contributed by atoms with E-state index in [1.54, 1.807) is 49.4 Å². The summed E-state index contributed by atoms with van der Waals surface area (Å²) in [6.07, 6.45) is 1.01. The Morgan fingerprint density at radius 1 is 0.860 bits per heavy atom. The second-order valence-corrected chi connectivity index (χ2v) is 13.7. The van der Waals surface area contributed by atoms with Crippen LogP contribution in [0.5, 0.6) is 0 Å². The molecule has 0 aromatic heterocycles. The molecule has 3 aromatic carbocycles. The van der Waals surface area contributed by atoms with Gasteiger partial charge in [0.05, 0.1) is 10.6 Å². The van der Waals surface area contributed by atoms with E-state index in [2.05, 4.69) is 5.32 Å². The van der Waals surface area contributed by atoms with E-state index in [1.807, 2.05) is 46.8 Å². The monoisotopic (exact) mass is 645 g/mol. The first-order valence-electron chi connectivity index (χ1n) is 14.5. The van der Waals surface area contributed by atoms with Crippen molar-refractivity contribution in [2.24, 2.45) is 0 Å². The van der Waals surface area contributed by atoms with Crippen molar-refractivity contribution in [2.75, 3.05) is 10.8 Å². The number of carbonyl (C=O) groups excluding carboxylic acids is 2. The number of hydrogen-bond acceptors (Lipinski definition) is 4. The molecule has 3 rings (SSSR count). The molecular formula is C33H41Cl2N3O4S. The van der Waals surface area contributed by atoms with Crippen LogP contribution in [-0.2, 0) is 26.2 Å².